The molecule has 19 heavy (non-hydrogen) atoms. The Kier molecular flexibility index (Phi) is 7.19. The van der Waals surface area contributed by atoms with Crippen LogP contribution in [0.5, 0.6) is 0 Å². The molecule has 1 aromatic rings. The molecular formula is C17H22IN. The van der Waals surface area contributed by atoms with Crippen molar-refractivity contribution in [3.8, 4) is 11.8 Å². The summed E-state index contributed by atoms with van der Waals surface area (Å²) in [5, 5.41) is 0. The monoisotopic (exact) mass is 367 g/mol. The van der Waals surface area contributed by atoms with Crippen molar-refractivity contribution >= 4 is 0 Å². The second kappa shape index (κ2) is 8.39. The lowest BCUT2D eigenvalue weighted by atomic mass is 10.1. The minimum absolute atomic E-state index is 0. The van der Waals surface area contributed by atoms with Crippen molar-refractivity contribution in [3.63, 3.8) is 0 Å². The number of piperidine rings is 1. The molecule has 102 valence electrons. The van der Waals surface area contributed by atoms with Crippen molar-refractivity contribution in [1.82, 2.24) is 0 Å². The number of hydrogen-bond donors (Lipinski definition) is 0. The standard InChI is InChI=1S/C17H22N.HI/c1-2-13-18(14-7-4-8-15-18)16-9-12-17-10-5-3-6-11-17;/h2-3,5-6,10-11H,1,4,7-8,13-16H2;1H/q+1;/p-1. The van der Waals surface area contributed by atoms with E-state index in [4.69, 9.17) is 0 Å². The van der Waals surface area contributed by atoms with Gasteiger partial charge in [-0.05, 0) is 43.4 Å². The lowest BCUT2D eigenvalue weighted by Gasteiger charge is -2.39. The average molecular weight is 367 g/mol. The first-order valence-electron chi connectivity index (χ1n) is 6.85. The molecule has 0 aliphatic carbocycles. The fraction of sp³-hybridized carbons (Fsp3) is 0.412. The maximum atomic E-state index is 3.90. The first-order chi connectivity index (χ1) is 8.85. The zero-order valence-corrected chi connectivity index (χ0v) is 13.6. The minimum Gasteiger partial charge on any atom is -1.00 e. The number of quaternary nitrogens is 1. The summed E-state index contributed by atoms with van der Waals surface area (Å²) in [6, 6.07) is 10.3. The summed E-state index contributed by atoms with van der Waals surface area (Å²) in [7, 11) is 0. The van der Waals surface area contributed by atoms with Gasteiger partial charge >= 0.3 is 0 Å². The van der Waals surface area contributed by atoms with Gasteiger partial charge in [-0.15, -0.1) is 0 Å². The van der Waals surface area contributed by atoms with Gasteiger partial charge in [0.15, 0.2) is 0 Å². The third-order valence-corrected chi connectivity index (χ3v) is 3.70. The summed E-state index contributed by atoms with van der Waals surface area (Å²) in [6.45, 7) is 8.44. The lowest BCUT2D eigenvalue weighted by Crippen LogP contribution is -3.00. The molecule has 1 aromatic carbocycles. The first kappa shape index (κ1) is 16.3. The summed E-state index contributed by atoms with van der Waals surface area (Å²) in [5.41, 5.74) is 1.12. The Bertz CT molecular complexity index is 435. The van der Waals surface area contributed by atoms with E-state index in [1.807, 2.05) is 18.2 Å². The summed E-state index contributed by atoms with van der Waals surface area (Å²) in [4.78, 5) is 0. The highest BCUT2D eigenvalue weighted by molar-refractivity contribution is 5.33. The number of hydrogen-bond acceptors (Lipinski definition) is 0. The van der Waals surface area contributed by atoms with Crippen LogP contribution in [0.15, 0.2) is 43.0 Å². The molecule has 0 aromatic heterocycles. The van der Waals surface area contributed by atoms with Gasteiger partial charge in [-0.2, -0.15) is 0 Å². The van der Waals surface area contributed by atoms with Gasteiger partial charge < -0.3 is 28.5 Å². The number of likely N-dealkylation sites (tertiary alicyclic amines) is 1. The largest absolute Gasteiger partial charge is 1.00 e. The predicted molar refractivity (Wildman–Crippen MR) is 77.1 cm³/mol. The quantitative estimate of drug-likeness (QED) is 0.311. The van der Waals surface area contributed by atoms with Crippen LogP contribution >= 0.6 is 0 Å². The van der Waals surface area contributed by atoms with Gasteiger partial charge in [-0.25, -0.2) is 0 Å². The molecule has 1 heterocycles. The van der Waals surface area contributed by atoms with Gasteiger partial charge in [0.2, 0.25) is 0 Å². The van der Waals surface area contributed by atoms with E-state index in [0.717, 1.165) is 23.1 Å². The van der Waals surface area contributed by atoms with Crippen LogP contribution in [0.4, 0.5) is 0 Å². The summed E-state index contributed by atoms with van der Waals surface area (Å²) in [5.74, 6) is 6.65. The minimum atomic E-state index is 0. The Morgan fingerprint density at radius 2 is 1.79 bits per heavy atom. The van der Waals surface area contributed by atoms with Crippen molar-refractivity contribution in [2.75, 3.05) is 26.2 Å². The van der Waals surface area contributed by atoms with E-state index >= 15 is 0 Å². The molecule has 1 aliphatic heterocycles. The van der Waals surface area contributed by atoms with E-state index in [1.54, 1.807) is 0 Å². The highest BCUT2D eigenvalue weighted by atomic mass is 127. The van der Waals surface area contributed by atoms with E-state index < -0.39 is 0 Å². The molecule has 0 radical (unpaired) electrons. The summed E-state index contributed by atoms with van der Waals surface area (Å²) >= 11 is 0. The van der Waals surface area contributed by atoms with Gasteiger partial charge in [0.1, 0.15) is 6.54 Å². The second-order valence-corrected chi connectivity index (χ2v) is 5.15. The second-order valence-electron chi connectivity index (χ2n) is 5.15. The van der Waals surface area contributed by atoms with Gasteiger partial charge in [0.25, 0.3) is 0 Å². The van der Waals surface area contributed by atoms with E-state index in [1.165, 1.54) is 32.4 Å². The molecule has 0 spiro atoms. The normalized spacial score (nSPS) is 16.6. The Morgan fingerprint density at radius 3 is 2.42 bits per heavy atom. The van der Waals surface area contributed by atoms with Crippen molar-refractivity contribution < 1.29 is 28.5 Å². The topological polar surface area (TPSA) is 0 Å². The van der Waals surface area contributed by atoms with Gasteiger partial charge in [0, 0.05) is 5.56 Å². The van der Waals surface area contributed by atoms with Crippen LogP contribution in [0.1, 0.15) is 24.8 Å². The maximum absolute atomic E-state index is 3.90. The Labute approximate surface area is 134 Å². The number of nitrogens with zero attached hydrogens (tertiary/aromatic N) is 1. The molecule has 1 fully saturated rings. The van der Waals surface area contributed by atoms with Crippen LogP contribution in [0.3, 0.4) is 0 Å². The maximum Gasteiger partial charge on any atom is 0.141 e. The van der Waals surface area contributed by atoms with Crippen LogP contribution in [0.25, 0.3) is 0 Å². The van der Waals surface area contributed by atoms with E-state index in [2.05, 4.69) is 36.6 Å². The van der Waals surface area contributed by atoms with Crippen molar-refractivity contribution in [2.45, 2.75) is 19.3 Å². The molecule has 0 amide bonds. The van der Waals surface area contributed by atoms with Gasteiger partial charge in [0.05, 0.1) is 19.6 Å². The molecule has 0 N–H and O–H groups in total. The van der Waals surface area contributed by atoms with Crippen LogP contribution < -0.4 is 24.0 Å². The molecule has 0 atom stereocenters. The zero-order chi connectivity index (χ0) is 12.7. The molecule has 1 saturated heterocycles. The van der Waals surface area contributed by atoms with E-state index in [-0.39, 0.29) is 24.0 Å². The molecule has 0 saturated carbocycles. The van der Waals surface area contributed by atoms with E-state index in [9.17, 15) is 0 Å². The molecule has 0 unspecified atom stereocenters. The summed E-state index contributed by atoms with van der Waals surface area (Å²) in [6.07, 6.45) is 6.10. The van der Waals surface area contributed by atoms with Crippen LogP contribution in [-0.2, 0) is 0 Å². The molecule has 0 bridgehead atoms. The average Bonchev–Trinajstić information content (AvgIpc) is 2.41. The van der Waals surface area contributed by atoms with Crippen molar-refractivity contribution in [2.24, 2.45) is 0 Å². The van der Waals surface area contributed by atoms with Gasteiger partial charge in [-0.3, -0.25) is 0 Å². The van der Waals surface area contributed by atoms with E-state index in [0.29, 0.717) is 0 Å². The Balaban J connectivity index is 0.00000180. The van der Waals surface area contributed by atoms with Crippen LogP contribution in [0, 0.1) is 11.8 Å². The van der Waals surface area contributed by atoms with Crippen LogP contribution in [-0.4, -0.2) is 30.7 Å². The SMILES string of the molecule is C=CC[N+]1(CC#Cc2ccccc2)CCCCC1.[I-]. The number of rotatable bonds is 3. The third-order valence-electron chi connectivity index (χ3n) is 3.70. The molecular weight excluding hydrogens is 345 g/mol. The lowest BCUT2D eigenvalue weighted by molar-refractivity contribution is -0.920. The third kappa shape index (κ3) is 5.00. The highest BCUT2D eigenvalue weighted by Crippen LogP contribution is 2.18. The number of benzene rings is 1. The highest BCUT2D eigenvalue weighted by Gasteiger charge is 2.27. The molecule has 2 rings (SSSR count). The fourth-order valence-corrected chi connectivity index (χ4v) is 2.69. The Morgan fingerprint density at radius 1 is 1.11 bits per heavy atom. The summed E-state index contributed by atoms with van der Waals surface area (Å²) < 4.78 is 1.11. The molecule has 1 nitrogen and oxygen atoms in total. The van der Waals surface area contributed by atoms with Crippen LogP contribution in [0.2, 0.25) is 0 Å². The van der Waals surface area contributed by atoms with Gasteiger partial charge in [-0.1, -0.05) is 30.7 Å². The molecule has 2 heteroatoms. The number of halogens is 1. The smallest absolute Gasteiger partial charge is 0.141 e. The van der Waals surface area contributed by atoms with Crippen molar-refractivity contribution in [3.05, 3.63) is 48.6 Å². The van der Waals surface area contributed by atoms with Crippen molar-refractivity contribution in [1.29, 1.82) is 0 Å². The Hall–Kier alpha value is -0.790. The zero-order valence-electron chi connectivity index (χ0n) is 11.4. The molecule has 1 aliphatic rings. The first-order valence-corrected chi connectivity index (χ1v) is 6.85. The fourth-order valence-electron chi connectivity index (χ4n) is 2.69. The predicted octanol–water partition coefficient (Wildman–Crippen LogP) is 0.229.